The van der Waals surface area contributed by atoms with E-state index in [1.165, 1.54) is 11.1 Å². The van der Waals surface area contributed by atoms with E-state index in [1.807, 2.05) is 24.3 Å². The molecule has 3 rings (SSSR count). The maximum Gasteiger partial charge on any atom is 0.0720 e. The molecule has 2 aromatic rings. The van der Waals surface area contributed by atoms with Gasteiger partial charge in [-0.3, -0.25) is 0 Å². The fourth-order valence-electron chi connectivity index (χ4n) is 3.62. The Morgan fingerprint density at radius 2 is 1.52 bits per heavy atom. The third kappa shape index (κ3) is 6.76. The Hall–Kier alpha value is -1.68. The summed E-state index contributed by atoms with van der Waals surface area (Å²) in [5.41, 5.74) is 2.44. The molecule has 1 aliphatic rings. The molecule has 0 saturated carbocycles. The van der Waals surface area contributed by atoms with Crippen molar-refractivity contribution in [2.75, 3.05) is 6.61 Å². The van der Waals surface area contributed by atoms with Crippen LogP contribution in [0.3, 0.4) is 0 Å². The molecule has 146 valence electrons. The highest BCUT2D eigenvalue weighted by Crippen LogP contribution is 2.29. The summed E-state index contributed by atoms with van der Waals surface area (Å²) in [6.07, 6.45) is 4.00. The smallest absolute Gasteiger partial charge is 0.0720 e. The number of hydrogen-bond acceptors (Lipinski definition) is 3. The van der Waals surface area contributed by atoms with Crippen molar-refractivity contribution in [3.8, 4) is 0 Å². The highest BCUT2D eigenvalue weighted by atomic mass is 16.5. The minimum atomic E-state index is 0.207. The molecule has 3 heteroatoms. The van der Waals surface area contributed by atoms with E-state index in [2.05, 4.69) is 50.2 Å². The van der Waals surface area contributed by atoms with Crippen molar-refractivity contribution < 1.29 is 14.2 Å². The van der Waals surface area contributed by atoms with Crippen LogP contribution in [0.4, 0.5) is 0 Å². The summed E-state index contributed by atoms with van der Waals surface area (Å²) in [7, 11) is 0. The molecule has 27 heavy (non-hydrogen) atoms. The summed E-state index contributed by atoms with van der Waals surface area (Å²) in [6.45, 7) is 6.46. The van der Waals surface area contributed by atoms with E-state index in [9.17, 15) is 0 Å². The van der Waals surface area contributed by atoms with Gasteiger partial charge in [0.1, 0.15) is 0 Å². The monoisotopic (exact) mass is 368 g/mol. The van der Waals surface area contributed by atoms with Crippen LogP contribution in [0.1, 0.15) is 44.2 Å². The first-order chi connectivity index (χ1) is 13.2. The molecule has 1 fully saturated rings. The summed E-state index contributed by atoms with van der Waals surface area (Å²) >= 11 is 0. The zero-order chi connectivity index (χ0) is 18.9. The third-order valence-corrected chi connectivity index (χ3v) is 5.24. The van der Waals surface area contributed by atoms with Gasteiger partial charge in [-0.25, -0.2) is 0 Å². The molecule has 0 N–H and O–H groups in total. The van der Waals surface area contributed by atoms with Gasteiger partial charge < -0.3 is 14.2 Å². The lowest BCUT2D eigenvalue weighted by atomic mass is 10.0. The largest absolute Gasteiger partial charge is 0.376 e. The van der Waals surface area contributed by atoms with Gasteiger partial charge in [0.2, 0.25) is 0 Å². The summed E-state index contributed by atoms with van der Waals surface area (Å²) in [5, 5.41) is 0. The van der Waals surface area contributed by atoms with Gasteiger partial charge in [-0.2, -0.15) is 0 Å². The van der Waals surface area contributed by atoms with Gasteiger partial charge >= 0.3 is 0 Å². The Labute approximate surface area is 163 Å². The van der Waals surface area contributed by atoms with Gasteiger partial charge in [0, 0.05) is 5.92 Å². The van der Waals surface area contributed by atoms with Gasteiger partial charge in [-0.15, -0.1) is 0 Å². The summed E-state index contributed by atoms with van der Waals surface area (Å²) in [5.74, 6) is 0.416. The quantitative estimate of drug-likeness (QED) is 0.563. The average molecular weight is 369 g/mol. The van der Waals surface area contributed by atoms with Gasteiger partial charge in [0.25, 0.3) is 0 Å². The van der Waals surface area contributed by atoms with Gasteiger partial charge in [0.15, 0.2) is 0 Å². The number of ether oxygens (including phenoxy) is 3. The van der Waals surface area contributed by atoms with Crippen LogP contribution < -0.4 is 0 Å². The molecule has 2 aromatic carbocycles. The lowest BCUT2D eigenvalue weighted by Gasteiger charge is -2.22. The van der Waals surface area contributed by atoms with Gasteiger partial charge in [0.05, 0.1) is 38.1 Å². The first kappa shape index (κ1) is 20.1. The van der Waals surface area contributed by atoms with E-state index in [1.54, 1.807) is 0 Å². The molecule has 0 spiro atoms. The standard InChI is InChI=1S/C24H32O3/c1-19(16-25-17-21-9-5-3-6-10-21)24-14-13-23(27-24)15-20(2)26-18-22-11-7-4-8-12-22/h3-12,19-20,23-24H,13-18H2,1-2H3/t19-,20-,23-,24+/m0/s1. The first-order valence-corrected chi connectivity index (χ1v) is 10.1. The SMILES string of the molecule is C[C@@H](C[C@@H]1CC[C@H]([C@@H](C)COCc2ccccc2)O1)OCc1ccccc1. The van der Waals surface area contributed by atoms with Crippen molar-refractivity contribution in [1.29, 1.82) is 0 Å². The van der Waals surface area contributed by atoms with Crippen molar-refractivity contribution >= 4 is 0 Å². The maximum atomic E-state index is 6.29. The number of benzene rings is 2. The van der Waals surface area contributed by atoms with Crippen molar-refractivity contribution in [2.24, 2.45) is 5.92 Å². The van der Waals surface area contributed by atoms with Crippen LogP contribution in [0.25, 0.3) is 0 Å². The Morgan fingerprint density at radius 1 is 0.889 bits per heavy atom. The molecule has 1 heterocycles. The van der Waals surface area contributed by atoms with Crippen LogP contribution in [0, 0.1) is 5.92 Å². The van der Waals surface area contributed by atoms with Crippen molar-refractivity contribution in [1.82, 2.24) is 0 Å². The van der Waals surface area contributed by atoms with E-state index in [0.29, 0.717) is 31.3 Å². The van der Waals surface area contributed by atoms with Crippen LogP contribution in [-0.2, 0) is 27.4 Å². The zero-order valence-electron chi connectivity index (χ0n) is 16.6. The second-order valence-corrected chi connectivity index (χ2v) is 7.69. The van der Waals surface area contributed by atoms with Gasteiger partial charge in [-0.05, 0) is 37.3 Å². The topological polar surface area (TPSA) is 27.7 Å². The molecule has 1 aliphatic heterocycles. The molecule has 1 saturated heterocycles. The number of hydrogen-bond donors (Lipinski definition) is 0. The predicted octanol–water partition coefficient (Wildman–Crippen LogP) is 5.38. The molecular weight excluding hydrogens is 336 g/mol. The lowest BCUT2D eigenvalue weighted by Crippen LogP contribution is -2.24. The molecule has 3 nitrogen and oxygen atoms in total. The Bertz CT molecular complexity index is 643. The second kappa shape index (κ2) is 10.6. The molecule has 0 amide bonds. The van der Waals surface area contributed by atoms with E-state index in [0.717, 1.165) is 25.9 Å². The van der Waals surface area contributed by atoms with Crippen LogP contribution in [0.2, 0.25) is 0 Å². The van der Waals surface area contributed by atoms with Crippen LogP contribution in [0.15, 0.2) is 60.7 Å². The van der Waals surface area contributed by atoms with E-state index >= 15 is 0 Å². The molecule has 0 unspecified atom stereocenters. The van der Waals surface area contributed by atoms with Crippen molar-refractivity contribution in [2.45, 2.75) is 64.6 Å². The minimum absolute atomic E-state index is 0.207. The number of rotatable bonds is 10. The second-order valence-electron chi connectivity index (χ2n) is 7.69. The molecule has 0 radical (unpaired) electrons. The molecule has 0 bridgehead atoms. The minimum Gasteiger partial charge on any atom is -0.376 e. The Morgan fingerprint density at radius 3 is 2.19 bits per heavy atom. The van der Waals surface area contributed by atoms with E-state index in [-0.39, 0.29) is 6.10 Å². The normalized spacial score (nSPS) is 21.9. The summed E-state index contributed by atoms with van der Waals surface area (Å²) < 4.78 is 18.2. The van der Waals surface area contributed by atoms with Crippen LogP contribution >= 0.6 is 0 Å². The lowest BCUT2D eigenvalue weighted by molar-refractivity contribution is -0.0433. The van der Waals surface area contributed by atoms with Crippen molar-refractivity contribution in [3.63, 3.8) is 0 Å². The zero-order valence-corrected chi connectivity index (χ0v) is 16.6. The fraction of sp³-hybridized carbons (Fsp3) is 0.500. The summed E-state index contributed by atoms with van der Waals surface area (Å²) in [6, 6.07) is 20.7. The Kier molecular flexibility index (Phi) is 7.88. The van der Waals surface area contributed by atoms with E-state index in [4.69, 9.17) is 14.2 Å². The highest BCUT2D eigenvalue weighted by molar-refractivity contribution is 5.14. The molecule has 0 aromatic heterocycles. The predicted molar refractivity (Wildman–Crippen MR) is 108 cm³/mol. The fourth-order valence-corrected chi connectivity index (χ4v) is 3.62. The first-order valence-electron chi connectivity index (χ1n) is 10.1. The van der Waals surface area contributed by atoms with E-state index < -0.39 is 0 Å². The van der Waals surface area contributed by atoms with Crippen LogP contribution in [0.5, 0.6) is 0 Å². The maximum absolute atomic E-state index is 6.29. The van der Waals surface area contributed by atoms with Crippen molar-refractivity contribution in [3.05, 3.63) is 71.8 Å². The average Bonchev–Trinajstić information content (AvgIpc) is 3.16. The van der Waals surface area contributed by atoms with Crippen LogP contribution in [-0.4, -0.2) is 24.9 Å². The molecule has 4 atom stereocenters. The van der Waals surface area contributed by atoms with Gasteiger partial charge in [-0.1, -0.05) is 67.6 Å². The highest BCUT2D eigenvalue weighted by Gasteiger charge is 2.30. The third-order valence-electron chi connectivity index (χ3n) is 5.24. The molecular formula is C24H32O3. The summed E-state index contributed by atoms with van der Waals surface area (Å²) in [4.78, 5) is 0. The molecule has 0 aliphatic carbocycles. The Balaban J connectivity index is 1.32.